The van der Waals surface area contributed by atoms with E-state index in [4.69, 9.17) is 4.74 Å². The third kappa shape index (κ3) is 4.57. The molecular formula is C24H23BrN2O3S. The molecule has 0 unspecified atom stereocenters. The Labute approximate surface area is 194 Å². The van der Waals surface area contributed by atoms with Crippen molar-refractivity contribution in [3.8, 4) is 5.75 Å². The molecule has 1 aliphatic rings. The minimum absolute atomic E-state index is 0.159. The fourth-order valence-corrected chi connectivity index (χ4v) is 4.87. The summed E-state index contributed by atoms with van der Waals surface area (Å²) in [5.41, 5.74) is 3.15. The lowest BCUT2D eigenvalue weighted by Gasteiger charge is -2.16. The summed E-state index contributed by atoms with van der Waals surface area (Å²) in [5.74, 6) is 0.607. The van der Waals surface area contributed by atoms with Gasteiger partial charge in [-0.2, -0.15) is 0 Å². The number of rotatable bonds is 6. The van der Waals surface area contributed by atoms with E-state index in [9.17, 15) is 9.59 Å². The van der Waals surface area contributed by atoms with E-state index < -0.39 is 0 Å². The van der Waals surface area contributed by atoms with Crippen molar-refractivity contribution in [1.29, 1.82) is 0 Å². The first-order chi connectivity index (χ1) is 14.8. The van der Waals surface area contributed by atoms with Crippen molar-refractivity contribution >= 4 is 55.8 Å². The van der Waals surface area contributed by atoms with Crippen LogP contribution < -0.4 is 4.74 Å². The van der Waals surface area contributed by atoms with E-state index in [1.165, 1.54) is 10.5 Å². The van der Waals surface area contributed by atoms with Crippen molar-refractivity contribution in [2.24, 2.45) is 0 Å². The number of amides is 2. The number of halogens is 1. The molecule has 2 heterocycles. The molecule has 0 atom stereocenters. The number of hydrogen-bond acceptors (Lipinski definition) is 4. The molecule has 0 saturated carbocycles. The van der Waals surface area contributed by atoms with Crippen LogP contribution in [0.1, 0.15) is 25.0 Å². The number of nitrogens with zero attached hydrogens (tertiary/aromatic N) is 2. The fourth-order valence-electron chi connectivity index (χ4n) is 3.56. The normalized spacial score (nSPS) is 15.6. The Morgan fingerprint density at radius 1 is 1.13 bits per heavy atom. The van der Waals surface area contributed by atoms with Crippen molar-refractivity contribution < 1.29 is 14.3 Å². The van der Waals surface area contributed by atoms with Gasteiger partial charge in [0, 0.05) is 33.2 Å². The van der Waals surface area contributed by atoms with Crippen LogP contribution in [0.15, 0.2) is 58.0 Å². The molecule has 0 bridgehead atoms. The summed E-state index contributed by atoms with van der Waals surface area (Å²) in [4.78, 5) is 26.7. The standard InChI is InChI=1S/C24H23BrN2O3S/c1-15(2)27-23(28)22(31-24(27)29)12-17-14-26(21-9-6-18(25)13-20(17)21)10-11-30-19-7-4-16(3)5-8-19/h4-9,12-15H,10-11H2,1-3H3/b22-12-. The summed E-state index contributed by atoms with van der Waals surface area (Å²) < 4.78 is 8.97. The van der Waals surface area contributed by atoms with Gasteiger partial charge in [-0.15, -0.1) is 0 Å². The SMILES string of the molecule is Cc1ccc(OCCn2cc(/C=C3\SC(=O)N(C(C)C)C3=O)c3cc(Br)ccc32)cc1. The van der Waals surface area contributed by atoms with Gasteiger partial charge < -0.3 is 9.30 Å². The Kier molecular flexibility index (Phi) is 6.25. The van der Waals surface area contributed by atoms with E-state index in [0.717, 1.165) is 38.5 Å². The second-order valence-electron chi connectivity index (χ2n) is 7.75. The van der Waals surface area contributed by atoms with Gasteiger partial charge in [0.25, 0.3) is 11.1 Å². The van der Waals surface area contributed by atoms with Crippen LogP contribution in [0.2, 0.25) is 0 Å². The molecule has 0 spiro atoms. The van der Waals surface area contributed by atoms with Crippen LogP contribution in [0.25, 0.3) is 17.0 Å². The molecule has 5 nitrogen and oxygen atoms in total. The van der Waals surface area contributed by atoms with Crippen molar-refractivity contribution in [3.63, 3.8) is 0 Å². The third-order valence-corrected chi connectivity index (χ3v) is 6.50. The Bertz CT molecular complexity index is 1180. The van der Waals surface area contributed by atoms with Gasteiger partial charge in [-0.05, 0) is 68.9 Å². The van der Waals surface area contributed by atoms with Gasteiger partial charge >= 0.3 is 0 Å². The number of hydrogen-bond donors (Lipinski definition) is 0. The predicted molar refractivity (Wildman–Crippen MR) is 129 cm³/mol. The van der Waals surface area contributed by atoms with Crippen LogP contribution in [0.3, 0.4) is 0 Å². The zero-order valence-electron chi connectivity index (χ0n) is 17.6. The third-order valence-electron chi connectivity index (χ3n) is 5.12. The van der Waals surface area contributed by atoms with Crippen LogP contribution in [-0.2, 0) is 11.3 Å². The van der Waals surface area contributed by atoms with Crippen molar-refractivity contribution in [2.75, 3.05) is 6.61 Å². The maximum Gasteiger partial charge on any atom is 0.293 e. The number of ether oxygens (including phenoxy) is 1. The molecule has 0 aliphatic carbocycles. The van der Waals surface area contributed by atoms with Gasteiger partial charge in [0.15, 0.2) is 0 Å². The lowest BCUT2D eigenvalue weighted by Crippen LogP contribution is -2.34. The number of carbonyl (C=O) groups is 2. The molecule has 2 amide bonds. The Balaban J connectivity index is 1.61. The molecule has 2 aromatic carbocycles. The van der Waals surface area contributed by atoms with Crippen LogP contribution in [0, 0.1) is 6.92 Å². The number of aromatic nitrogens is 1. The molecule has 160 valence electrons. The molecule has 1 aliphatic heterocycles. The number of imide groups is 1. The highest BCUT2D eigenvalue weighted by Gasteiger charge is 2.36. The Morgan fingerprint density at radius 3 is 2.55 bits per heavy atom. The molecule has 0 radical (unpaired) electrons. The highest BCUT2D eigenvalue weighted by atomic mass is 79.9. The van der Waals surface area contributed by atoms with Gasteiger partial charge in [-0.3, -0.25) is 14.5 Å². The van der Waals surface area contributed by atoms with E-state index in [2.05, 4.69) is 20.5 Å². The minimum atomic E-state index is -0.233. The fraction of sp³-hybridized carbons (Fsp3) is 0.250. The first kappa shape index (κ1) is 21.7. The summed E-state index contributed by atoms with van der Waals surface area (Å²) in [7, 11) is 0. The molecule has 31 heavy (non-hydrogen) atoms. The predicted octanol–water partition coefficient (Wildman–Crippen LogP) is 6.24. The molecule has 3 aromatic rings. The topological polar surface area (TPSA) is 51.5 Å². The van der Waals surface area contributed by atoms with Crippen LogP contribution in [0.5, 0.6) is 5.75 Å². The lowest BCUT2D eigenvalue weighted by atomic mass is 10.1. The summed E-state index contributed by atoms with van der Waals surface area (Å²) in [6.45, 7) is 6.91. The van der Waals surface area contributed by atoms with Crippen molar-refractivity contribution in [3.05, 3.63) is 69.2 Å². The smallest absolute Gasteiger partial charge is 0.293 e. The summed E-state index contributed by atoms with van der Waals surface area (Å²) in [5, 5.41) is 0.795. The largest absolute Gasteiger partial charge is 0.492 e. The molecule has 1 saturated heterocycles. The molecule has 7 heteroatoms. The number of fused-ring (bicyclic) bond motifs is 1. The van der Waals surface area contributed by atoms with Gasteiger partial charge in [-0.25, -0.2) is 0 Å². The second kappa shape index (κ2) is 8.93. The van der Waals surface area contributed by atoms with Crippen molar-refractivity contribution in [1.82, 2.24) is 9.47 Å². The van der Waals surface area contributed by atoms with Crippen LogP contribution in [-0.4, -0.2) is 33.3 Å². The first-order valence-electron chi connectivity index (χ1n) is 10.1. The zero-order chi connectivity index (χ0) is 22.1. The Hall–Kier alpha value is -2.51. The molecular weight excluding hydrogens is 476 g/mol. The van der Waals surface area contributed by atoms with Gasteiger partial charge in [0.2, 0.25) is 0 Å². The van der Waals surface area contributed by atoms with E-state index in [0.29, 0.717) is 18.1 Å². The molecule has 4 rings (SSSR count). The maximum atomic E-state index is 12.7. The van der Waals surface area contributed by atoms with E-state index in [1.807, 2.05) is 75.5 Å². The van der Waals surface area contributed by atoms with E-state index >= 15 is 0 Å². The summed E-state index contributed by atoms with van der Waals surface area (Å²) in [6.07, 6.45) is 3.83. The summed E-state index contributed by atoms with van der Waals surface area (Å²) >= 11 is 4.53. The highest BCUT2D eigenvalue weighted by Crippen LogP contribution is 2.35. The van der Waals surface area contributed by atoms with Gasteiger partial charge in [0.05, 0.1) is 11.4 Å². The number of carbonyl (C=O) groups excluding carboxylic acids is 2. The average molecular weight is 499 g/mol. The number of benzene rings is 2. The molecule has 0 N–H and O–H groups in total. The Morgan fingerprint density at radius 2 is 1.87 bits per heavy atom. The van der Waals surface area contributed by atoms with Gasteiger partial charge in [0.1, 0.15) is 12.4 Å². The zero-order valence-corrected chi connectivity index (χ0v) is 20.0. The molecule has 1 aromatic heterocycles. The molecule has 1 fully saturated rings. The summed E-state index contributed by atoms with van der Waals surface area (Å²) in [6, 6.07) is 13.9. The first-order valence-corrected chi connectivity index (χ1v) is 11.7. The van der Waals surface area contributed by atoms with Crippen LogP contribution >= 0.6 is 27.7 Å². The second-order valence-corrected chi connectivity index (χ2v) is 9.66. The average Bonchev–Trinajstić information content (AvgIpc) is 3.20. The van der Waals surface area contributed by atoms with E-state index in [1.54, 1.807) is 0 Å². The van der Waals surface area contributed by atoms with Crippen LogP contribution in [0.4, 0.5) is 4.79 Å². The highest BCUT2D eigenvalue weighted by molar-refractivity contribution is 9.10. The van der Waals surface area contributed by atoms with Crippen molar-refractivity contribution in [2.45, 2.75) is 33.4 Å². The number of thioether (sulfide) groups is 1. The quantitative estimate of drug-likeness (QED) is 0.377. The minimum Gasteiger partial charge on any atom is -0.492 e. The lowest BCUT2D eigenvalue weighted by molar-refractivity contribution is -0.123. The monoisotopic (exact) mass is 498 g/mol. The van der Waals surface area contributed by atoms with E-state index in [-0.39, 0.29) is 17.2 Å². The maximum absolute atomic E-state index is 12.7. The number of aryl methyl sites for hydroxylation is 1. The van der Waals surface area contributed by atoms with Gasteiger partial charge in [-0.1, -0.05) is 33.6 Å².